The maximum Gasteiger partial charge on any atom is 1.00 e. The van der Waals surface area contributed by atoms with Gasteiger partial charge in [-0.25, -0.2) is 0 Å². The van der Waals surface area contributed by atoms with E-state index in [4.69, 9.17) is 19.9 Å². The number of ketones is 3. The van der Waals surface area contributed by atoms with E-state index in [9.17, 15) is 108 Å². The number of β-amino-alcohol motifs (C(OH)–C–C–N with tert-alkyl or cyclic N) is 1. The summed E-state index contributed by atoms with van der Waals surface area (Å²) in [5, 5.41) is 116. The van der Waals surface area contributed by atoms with Crippen LogP contribution in [0.1, 0.15) is 167 Å². The Morgan fingerprint density at radius 3 is 1.97 bits per heavy atom. The van der Waals surface area contributed by atoms with Gasteiger partial charge in [-0.05, 0) is 70.3 Å². The predicted molar refractivity (Wildman–Crippen MR) is 337 cm³/mol. The molecule has 0 bridgehead atoms. The van der Waals surface area contributed by atoms with E-state index in [1.807, 2.05) is 0 Å². The normalized spacial score (nSPS) is 23.6. The number of methoxy groups -OCH3 is 1. The SMILES string of the molecule is COc1cccc2c1C(=O)c1c(O)c3c(c(O)c1C2=O)C[C@@](O)(C(=O)CO)C[C@@H]3O[C@@H]1C[C@H](NC(=O)[C@H](CC(C)C)NC(=O)[C@H](CO)NC(=O)[C@H](CCC(N)=O)NC(=O)[C@@H](NC(=O)[C@H](CO)NC(=O)[C@H](C)NC(=O)[C@@H]2C[C@@H](O)CN2C(=O)CCCC(=O)[O-])C2CCCCC2)[C@H](O)[C@H](C)O1.[Na+]. The van der Waals surface area contributed by atoms with Crippen molar-refractivity contribution >= 4 is 76.5 Å². The van der Waals surface area contributed by atoms with Crippen LogP contribution >= 0.6 is 0 Å². The second kappa shape index (κ2) is 35.7. The van der Waals surface area contributed by atoms with E-state index in [1.54, 1.807) is 13.8 Å². The zero-order valence-electron chi connectivity index (χ0n) is 56.4. The van der Waals surface area contributed by atoms with Crippen molar-refractivity contribution in [2.75, 3.05) is 33.5 Å². The third-order valence-electron chi connectivity index (χ3n) is 18.5. The Labute approximate surface area is 596 Å². The molecule has 14 atom stereocenters. The summed E-state index contributed by atoms with van der Waals surface area (Å²) >= 11 is 0. The van der Waals surface area contributed by atoms with Gasteiger partial charge in [-0.1, -0.05) is 45.2 Å². The Morgan fingerprint density at radius 2 is 1.36 bits per heavy atom. The van der Waals surface area contributed by atoms with Gasteiger partial charge in [0.2, 0.25) is 58.9 Å². The second-order valence-corrected chi connectivity index (χ2v) is 26.1. The molecule has 2 aromatic rings. The number of likely N-dealkylation sites (tertiary alicyclic amines) is 1. The number of carbonyl (C=O) groups is 13. The predicted octanol–water partition coefficient (Wildman–Crippen LogP) is -8.15. The Hall–Kier alpha value is -7.77. The van der Waals surface area contributed by atoms with Crippen LogP contribution < -0.4 is 82.4 Å². The van der Waals surface area contributed by atoms with Crippen molar-refractivity contribution in [1.29, 1.82) is 0 Å². The van der Waals surface area contributed by atoms with Crippen molar-refractivity contribution in [3.8, 4) is 17.2 Å². The number of rotatable bonds is 31. The molecule has 2 aromatic carbocycles. The number of amides is 9. The molecule has 100 heavy (non-hydrogen) atoms. The molecule has 2 saturated heterocycles. The maximum atomic E-state index is 14.4. The fraction of sp³-hybridized carbons (Fsp3) is 0.615. The summed E-state index contributed by atoms with van der Waals surface area (Å²) in [6.45, 7) is 2.43. The number of phenolic OH excluding ortho intramolecular Hbond substituents is 2. The third kappa shape index (κ3) is 19.2. The van der Waals surface area contributed by atoms with Crippen molar-refractivity contribution in [3.63, 3.8) is 0 Å². The number of hydrogen-bond acceptors (Lipinski definition) is 25. The Kier molecular flexibility index (Phi) is 29.0. The fourth-order valence-corrected chi connectivity index (χ4v) is 13.3. The molecular formula is C65H88N9NaO25. The van der Waals surface area contributed by atoms with Crippen molar-refractivity contribution in [1.82, 2.24) is 42.1 Å². The molecular weight excluding hydrogens is 1330 g/mol. The van der Waals surface area contributed by atoms with Gasteiger partial charge in [-0.15, -0.1) is 0 Å². The number of benzene rings is 2. The molecule has 544 valence electrons. The Balaban J connectivity index is 0.0000157. The van der Waals surface area contributed by atoms with E-state index in [2.05, 4.69) is 37.2 Å². The topological polar surface area (TPSA) is 548 Å². The van der Waals surface area contributed by atoms with Crippen LogP contribution in [-0.2, 0) is 68.6 Å². The standard InChI is InChI=1S/C65H89N9O25.Na/c1-28(2)19-37(60(91)69-36-21-47(98-30(4)53(36)84)99-42-23-65(96,43(79)27-77)22-34-49(42)57(88)51-50(55(34)86)54(85)33-13-9-14-41(97-5)48(33)56(51)87)70-61(92)38(25-75)72-59(90)35(17-18-44(66)80)68-64(95)52(31-11-7-6-8-12-31)73-62(93)39(26-76)71-58(89)29(3)67-63(94)40-20-32(78)24-74(40)45(81)15-10-16-46(82)83;/h9,13-14,28-32,35-40,42,47,52-53,75-78,84,86,88,96H,6-8,10-12,15-27H2,1-5H3,(H2,66,80)(H,67,94)(H,68,95)(H,69,91)(H,70,92)(H,71,89)(H,72,90)(H,73,93)(H,82,83);/q;+1/p-1/t29-,30-,32+,35-,36-,37-,38-,39-,40-,42-,47+,52-,53+,65-;/m0./s1. The number of nitrogens with zero attached hydrogens (tertiary/aromatic N) is 1. The minimum absolute atomic E-state index is 0. The van der Waals surface area contributed by atoms with Crippen molar-refractivity contribution in [2.45, 2.75) is 209 Å². The van der Waals surface area contributed by atoms with Crippen LogP contribution in [0.15, 0.2) is 18.2 Å². The van der Waals surface area contributed by atoms with Gasteiger partial charge in [0.05, 0.1) is 61.4 Å². The monoisotopic (exact) mass is 1420 g/mol. The molecule has 7 rings (SSSR count). The van der Waals surface area contributed by atoms with E-state index < -0.39 is 248 Å². The summed E-state index contributed by atoms with van der Waals surface area (Å²) < 4.78 is 17.7. The van der Waals surface area contributed by atoms with Gasteiger partial charge in [0.1, 0.15) is 77.9 Å². The average Bonchev–Trinajstić information content (AvgIpc) is 0.803. The van der Waals surface area contributed by atoms with Crippen LogP contribution in [-0.4, -0.2) is 234 Å². The number of phenols is 2. The van der Waals surface area contributed by atoms with Crippen molar-refractivity contribution in [2.24, 2.45) is 17.6 Å². The number of carboxylic acids is 1. The molecule has 3 aliphatic carbocycles. The Morgan fingerprint density at radius 1 is 0.750 bits per heavy atom. The minimum atomic E-state index is -2.51. The molecule has 2 aliphatic heterocycles. The second-order valence-electron chi connectivity index (χ2n) is 26.1. The molecule has 35 heteroatoms. The summed E-state index contributed by atoms with van der Waals surface area (Å²) in [6.07, 6.45) is -8.33. The van der Waals surface area contributed by atoms with E-state index in [-0.39, 0.29) is 95.7 Å². The molecule has 0 aromatic heterocycles. The summed E-state index contributed by atoms with van der Waals surface area (Å²) in [7, 11) is 1.25. The smallest absolute Gasteiger partial charge is 0.550 e. The summed E-state index contributed by atoms with van der Waals surface area (Å²) in [5.74, 6) is -15.8. The summed E-state index contributed by atoms with van der Waals surface area (Å²) in [4.78, 5) is 176. The number of fused-ring (bicyclic) bond motifs is 3. The molecule has 0 radical (unpaired) electrons. The summed E-state index contributed by atoms with van der Waals surface area (Å²) in [6, 6.07) is -8.10. The van der Waals surface area contributed by atoms with Crippen molar-refractivity contribution < 1.29 is 152 Å². The number of ether oxygens (including phenoxy) is 3. The fourth-order valence-electron chi connectivity index (χ4n) is 13.3. The van der Waals surface area contributed by atoms with Gasteiger partial charge in [0.15, 0.2) is 17.9 Å². The number of carbonyl (C=O) groups excluding carboxylic acids is 13. The number of hydrogen-bond donors (Lipinski definition) is 16. The largest absolute Gasteiger partial charge is 1.00 e. The number of aromatic hydroxyl groups is 2. The quantitative estimate of drug-likeness (QED) is 0.0210. The van der Waals surface area contributed by atoms with Gasteiger partial charge >= 0.3 is 29.6 Å². The molecule has 2 heterocycles. The van der Waals surface area contributed by atoms with Gasteiger partial charge in [-0.2, -0.15) is 0 Å². The average molecular weight is 1420 g/mol. The molecule has 17 N–H and O–H groups in total. The number of carboxylic acid groups (broad SMARTS) is 1. The number of nitrogens with two attached hydrogens (primary N) is 1. The van der Waals surface area contributed by atoms with E-state index in [1.165, 1.54) is 39.2 Å². The molecule has 0 unspecified atom stereocenters. The van der Waals surface area contributed by atoms with Gasteiger partial charge in [-0.3, -0.25) is 57.5 Å². The van der Waals surface area contributed by atoms with Gasteiger partial charge < -0.3 is 113 Å². The number of aliphatic carboxylic acids is 1. The molecule has 9 amide bonds. The third-order valence-corrected chi connectivity index (χ3v) is 18.5. The van der Waals surface area contributed by atoms with E-state index in [0.717, 1.165) is 11.3 Å². The first-order valence-electron chi connectivity index (χ1n) is 32.8. The number of nitrogens with one attached hydrogen (secondary N) is 7. The zero-order chi connectivity index (χ0) is 73.1. The van der Waals surface area contributed by atoms with Crippen LogP contribution in [0, 0.1) is 11.8 Å². The number of aliphatic hydroxyl groups is 6. The number of Topliss-reactive ketones (excluding diaryl/α,β-unsaturated/α-hetero) is 1. The van der Waals surface area contributed by atoms with Crippen LogP contribution in [0.3, 0.4) is 0 Å². The van der Waals surface area contributed by atoms with E-state index >= 15 is 0 Å². The van der Waals surface area contributed by atoms with Crippen molar-refractivity contribution in [3.05, 3.63) is 51.6 Å². The molecule has 1 saturated carbocycles. The number of primary amides is 1. The van der Waals surface area contributed by atoms with E-state index in [0.29, 0.717) is 25.7 Å². The minimum Gasteiger partial charge on any atom is -0.550 e. The Bertz CT molecular complexity index is 3440. The molecule has 34 nitrogen and oxygen atoms in total. The van der Waals surface area contributed by atoms with Crippen LogP contribution in [0.2, 0.25) is 0 Å². The molecule has 0 spiro atoms. The first-order chi connectivity index (χ1) is 46.8. The van der Waals surface area contributed by atoms with Crippen LogP contribution in [0.25, 0.3) is 0 Å². The van der Waals surface area contributed by atoms with Crippen LogP contribution in [0.4, 0.5) is 0 Å². The first kappa shape index (κ1) is 81.2. The number of aliphatic hydroxyl groups excluding tert-OH is 5. The molecule has 5 aliphatic rings. The van der Waals surface area contributed by atoms with Gasteiger partial charge in [0.25, 0.3) is 0 Å². The summed E-state index contributed by atoms with van der Waals surface area (Å²) in [5.41, 5.74) is 0.550. The van der Waals surface area contributed by atoms with Crippen LogP contribution in [0.5, 0.6) is 17.2 Å². The van der Waals surface area contributed by atoms with Gasteiger partial charge in [0, 0.05) is 67.7 Å². The molecule has 3 fully saturated rings. The zero-order valence-corrected chi connectivity index (χ0v) is 58.4. The maximum absolute atomic E-state index is 14.4. The first-order valence-corrected chi connectivity index (χ1v) is 32.8.